The standard InChI is InChI=1S/C8H5BrF2NO2/c9-7-6-4(12)2-1-3-5(6)13-8(10,11)14-7/h1-3H,12H2. The van der Waals surface area contributed by atoms with Crippen molar-refractivity contribution in [1.29, 1.82) is 0 Å². The van der Waals surface area contributed by atoms with Crippen LogP contribution in [0.5, 0.6) is 5.75 Å². The second-order valence-electron chi connectivity index (χ2n) is 2.66. The molecule has 0 spiro atoms. The Kier molecular flexibility index (Phi) is 2.11. The zero-order valence-electron chi connectivity index (χ0n) is 6.76. The number of hydrogen-bond acceptors (Lipinski definition) is 3. The fourth-order valence-corrected chi connectivity index (χ4v) is 1.76. The maximum atomic E-state index is 12.7. The van der Waals surface area contributed by atoms with Crippen molar-refractivity contribution in [2.24, 2.45) is 0 Å². The number of ether oxygens (including phenoxy) is 2. The van der Waals surface area contributed by atoms with Gasteiger partial charge in [-0.3, -0.25) is 4.74 Å². The van der Waals surface area contributed by atoms with Crippen LogP contribution in [-0.2, 0) is 4.74 Å². The van der Waals surface area contributed by atoms with Crippen LogP contribution in [0.4, 0.5) is 14.5 Å². The van der Waals surface area contributed by atoms with E-state index in [1.807, 2.05) is 0 Å². The topological polar surface area (TPSA) is 44.5 Å². The summed E-state index contributed by atoms with van der Waals surface area (Å²) in [5.41, 5.74) is 6.18. The van der Waals surface area contributed by atoms with Crippen molar-refractivity contribution >= 4 is 21.6 Å². The third-order valence-electron chi connectivity index (χ3n) is 1.69. The molecule has 0 aliphatic carbocycles. The molecule has 75 valence electrons. The zero-order valence-corrected chi connectivity index (χ0v) is 8.35. The van der Waals surface area contributed by atoms with E-state index in [-0.39, 0.29) is 10.8 Å². The molecule has 1 aromatic carbocycles. The molecular formula is C8H5BrF2NO2. The summed E-state index contributed by atoms with van der Waals surface area (Å²) < 4.78 is 33.9. The number of halogens is 3. The van der Waals surface area contributed by atoms with E-state index in [1.54, 1.807) is 6.07 Å². The van der Waals surface area contributed by atoms with Crippen molar-refractivity contribution in [3.63, 3.8) is 0 Å². The predicted octanol–water partition coefficient (Wildman–Crippen LogP) is 2.46. The summed E-state index contributed by atoms with van der Waals surface area (Å²) in [7, 11) is 0. The summed E-state index contributed by atoms with van der Waals surface area (Å²) in [6.45, 7) is 0. The third-order valence-corrected chi connectivity index (χ3v) is 2.25. The summed E-state index contributed by atoms with van der Waals surface area (Å²) in [6.07, 6.45) is -3.65. The summed E-state index contributed by atoms with van der Waals surface area (Å²) in [6, 6.07) is 4.48. The molecular weight excluding hydrogens is 260 g/mol. The quantitative estimate of drug-likeness (QED) is 0.733. The monoisotopic (exact) mass is 264 g/mol. The minimum absolute atomic E-state index is 0.00637. The lowest BCUT2D eigenvalue weighted by atomic mass is 10.1. The number of fused-ring (bicyclic) bond motifs is 1. The Morgan fingerprint density at radius 2 is 2.00 bits per heavy atom. The second-order valence-corrected chi connectivity index (χ2v) is 3.38. The van der Waals surface area contributed by atoms with Gasteiger partial charge in [0.2, 0.25) is 5.01 Å². The van der Waals surface area contributed by atoms with Crippen LogP contribution in [0.2, 0.25) is 0 Å². The average molecular weight is 265 g/mol. The van der Waals surface area contributed by atoms with Gasteiger partial charge in [0.1, 0.15) is 5.75 Å². The van der Waals surface area contributed by atoms with Gasteiger partial charge >= 0.3 is 6.29 Å². The number of anilines is 1. The molecule has 1 heterocycles. The molecule has 0 bridgehead atoms. The Morgan fingerprint density at radius 3 is 2.71 bits per heavy atom. The van der Waals surface area contributed by atoms with Gasteiger partial charge in [-0.2, -0.15) is 0 Å². The SMILES string of the molecule is Nc1cccc2c1[C](Br)OC(F)(F)O2. The van der Waals surface area contributed by atoms with Gasteiger partial charge in [-0.05, 0) is 28.1 Å². The molecule has 0 fully saturated rings. The normalized spacial score (nSPS) is 19.9. The molecule has 0 saturated carbocycles. The molecule has 2 N–H and O–H groups in total. The third kappa shape index (κ3) is 1.55. The zero-order chi connectivity index (χ0) is 10.3. The molecule has 1 aliphatic rings. The van der Waals surface area contributed by atoms with E-state index >= 15 is 0 Å². The van der Waals surface area contributed by atoms with Crippen LogP contribution in [0, 0.1) is 5.01 Å². The van der Waals surface area contributed by atoms with E-state index in [1.165, 1.54) is 12.1 Å². The molecule has 6 heteroatoms. The Labute approximate surface area is 86.9 Å². The number of benzene rings is 1. The lowest BCUT2D eigenvalue weighted by molar-refractivity contribution is -0.347. The van der Waals surface area contributed by atoms with Crippen LogP contribution >= 0.6 is 15.9 Å². The van der Waals surface area contributed by atoms with Crippen LogP contribution in [-0.4, -0.2) is 6.29 Å². The molecule has 0 amide bonds. The maximum Gasteiger partial charge on any atom is 0.537 e. The summed E-state index contributed by atoms with van der Waals surface area (Å²) in [5, 5.41) is -0.123. The predicted molar refractivity (Wildman–Crippen MR) is 48.8 cm³/mol. The van der Waals surface area contributed by atoms with E-state index in [4.69, 9.17) is 5.73 Å². The number of nitrogens with two attached hydrogens (primary N) is 1. The van der Waals surface area contributed by atoms with Crippen LogP contribution in [0.1, 0.15) is 5.56 Å². The van der Waals surface area contributed by atoms with Gasteiger partial charge in [-0.1, -0.05) is 6.07 Å². The molecule has 0 aromatic heterocycles. The van der Waals surface area contributed by atoms with E-state index in [2.05, 4.69) is 25.4 Å². The first-order valence-corrected chi connectivity index (χ1v) is 4.46. The van der Waals surface area contributed by atoms with Crippen LogP contribution < -0.4 is 10.5 Å². The van der Waals surface area contributed by atoms with E-state index in [0.717, 1.165) is 0 Å². The molecule has 1 aliphatic heterocycles. The first kappa shape index (κ1) is 9.67. The second kappa shape index (κ2) is 3.06. The van der Waals surface area contributed by atoms with Gasteiger partial charge in [0.15, 0.2) is 0 Å². The van der Waals surface area contributed by atoms with Crippen molar-refractivity contribution in [3.8, 4) is 5.75 Å². The van der Waals surface area contributed by atoms with Crippen molar-refractivity contribution < 1.29 is 18.3 Å². The summed E-state index contributed by atoms with van der Waals surface area (Å²) in [5.74, 6) is -0.00637. The Balaban J connectivity index is 2.50. The Bertz CT molecular complexity index is 372. The highest BCUT2D eigenvalue weighted by Gasteiger charge is 2.44. The summed E-state index contributed by atoms with van der Waals surface area (Å²) in [4.78, 5) is 0. The average Bonchev–Trinajstić information content (AvgIpc) is 2.00. The number of nitrogen functional groups attached to an aromatic ring is 1. The van der Waals surface area contributed by atoms with Crippen molar-refractivity contribution in [1.82, 2.24) is 0 Å². The van der Waals surface area contributed by atoms with Crippen molar-refractivity contribution in [2.75, 3.05) is 5.73 Å². The maximum absolute atomic E-state index is 12.7. The van der Waals surface area contributed by atoms with Gasteiger partial charge < -0.3 is 10.5 Å². The van der Waals surface area contributed by atoms with E-state index in [9.17, 15) is 8.78 Å². The van der Waals surface area contributed by atoms with E-state index < -0.39 is 6.29 Å². The number of alkyl halides is 2. The fraction of sp³-hybridized carbons (Fsp3) is 0.125. The van der Waals surface area contributed by atoms with Crippen molar-refractivity contribution in [3.05, 3.63) is 28.8 Å². The largest absolute Gasteiger partial charge is 0.537 e. The van der Waals surface area contributed by atoms with Gasteiger partial charge in [-0.15, -0.1) is 8.78 Å². The molecule has 1 aromatic rings. The lowest BCUT2D eigenvalue weighted by Gasteiger charge is -2.28. The van der Waals surface area contributed by atoms with Crippen LogP contribution in [0.15, 0.2) is 18.2 Å². The molecule has 2 rings (SSSR count). The lowest BCUT2D eigenvalue weighted by Crippen LogP contribution is -2.34. The summed E-state index contributed by atoms with van der Waals surface area (Å²) >= 11 is 2.87. The first-order valence-electron chi connectivity index (χ1n) is 3.67. The Morgan fingerprint density at radius 1 is 1.29 bits per heavy atom. The van der Waals surface area contributed by atoms with Crippen LogP contribution in [0.25, 0.3) is 0 Å². The smallest absolute Gasteiger partial charge is 0.409 e. The minimum atomic E-state index is -3.65. The molecule has 0 unspecified atom stereocenters. The van der Waals surface area contributed by atoms with Gasteiger partial charge in [0, 0.05) is 5.69 Å². The highest BCUT2D eigenvalue weighted by Crippen LogP contribution is 2.44. The number of rotatable bonds is 0. The highest BCUT2D eigenvalue weighted by molar-refractivity contribution is 9.11. The molecule has 3 nitrogen and oxygen atoms in total. The molecule has 14 heavy (non-hydrogen) atoms. The van der Waals surface area contributed by atoms with Gasteiger partial charge in [0.05, 0.1) is 5.56 Å². The number of hydrogen-bond donors (Lipinski definition) is 1. The molecule has 1 radical (unpaired) electrons. The van der Waals surface area contributed by atoms with Crippen molar-refractivity contribution in [2.45, 2.75) is 6.29 Å². The molecule has 0 saturated heterocycles. The van der Waals surface area contributed by atoms with Crippen LogP contribution in [0.3, 0.4) is 0 Å². The Hall–Kier alpha value is -0.880. The van der Waals surface area contributed by atoms with Gasteiger partial charge in [-0.25, -0.2) is 0 Å². The van der Waals surface area contributed by atoms with Gasteiger partial charge in [0.25, 0.3) is 0 Å². The minimum Gasteiger partial charge on any atom is -0.409 e. The highest BCUT2D eigenvalue weighted by atomic mass is 79.9. The van der Waals surface area contributed by atoms with E-state index in [0.29, 0.717) is 11.3 Å². The fourth-order valence-electron chi connectivity index (χ4n) is 1.15. The first-order chi connectivity index (χ1) is 6.49. The molecule has 0 atom stereocenters.